The van der Waals surface area contributed by atoms with Crippen LogP contribution in [0.4, 0.5) is 4.79 Å². The van der Waals surface area contributed by atoms with Gasteiger partial charge in [0.15, 0.2) is 0 Å². The standard InChI is InChI=1S/C10H22N2O2/c1-4-6-7-12-9(3)8-14-10(13)11-5-2/h9,12H,4-8H2,1-3H3,(H,11,13). The van der Waals surface area contributed by atoms with Gasteiger partial charge >= 0.3 is 6.09 Å². The molecular formula is C10H22N2O2. The minimum atomic E-state index is -0.336. The van der Waals surface area contributed by atoms with Crippen LogP contribution in [0.5, 0.6) is 0 Å². The average molecular weight is 202 g/mol. The van der Waals surface area contributed by atoms with E-state index < -0.39 is 0 Å². The summed E-state index contributed by atoms with van der Waals surface area (Å²) in [4.78, 5) is 10.9. The van der Waals surface area contributed by atoms with E-state index in [9.17, 15) is 4.79 Å². The molecule has 0 fully saturated rings. The summed E-state index contributed by atoms with van der Waals surface area (Å²) >= 11 is 0. The van der Waals surface area contributed by atoms with E-state index in [1.807, 2.05) is 13.8 Å². The van der Waals surface area contributed by atoms with E-state index in [4.69, 9.17) is 4.74 Å². The van der Waals surface area contributed by atoms with Crippen molar-refractivity contribution in [3.8, 4) is 0 Å². The molecule has 0 aliphatic rings. The van der Waals surface area contributed by atoms with Gasteiger partial charge in [-0.2, -0.15) is 0 Å². The van der Waals surface area contributed by atoms with Crippen molar-refractivity contribution < 1.29 is 9.53 Å². The molecule has 1 atom stereocenters. The molecule has 0 heterocycles. The summed E-state index contributed by atoms with van der Waals surface area (Å²) < 4.78 is 4.96. The third-order valence-corrected chi connectivity index (χ3v) is 1.81. The smallest absolute Gasteiger partial charge is 0.407 e. The number of ether oxygens (including phenoxy) is 1. The second-order valence-electron chi connectivity index (χ2n) is 3.34. The van der Waals surface area contributed by atoms with Crippen LogP contribution >= 0.6 is 0 Å². The fourth-order valence-corrected chi connectivity index (χ4v) is 0.980. The molecular weight excluding hydrogens is 180 g/mol. The maximum absolute atomic E-state index is 10.9. The summed E-state index contributed by atoms with van der Waals surface area (Å²) in [5.41, 5.74) is 0. The van der Waals surface area contributed by atoms with Crippen LogP contribution in [0.15, 0.2) is 0 Å². The monoisotopic (exact) mass is 202 g/mol. The quantitative estimate of drug-likeness (QED) is 0.615. The topological polar surface area (TPSA) is 50.4 Å². The van der Waals surface area contributed by atoms with Crippen LogP contribution in [0.25, 0.3) is 0 Å². The number of carbonyl (C=O) groups excluding carboxylic acids is 1. The van der Waals surface area contributed by atoms with E-state index in [0.29, 0.717) is 13.2 Å². The van der Waals surface area contributed by atoms with Gasteiger partial charge in [0.2, 0.25) is 0 Å². The van der Waals surface area contributed by atoms with Gasteiger partial charge in [-0.05, 0) is 26.8 Å². The summed E-state index contributed by atoms with van der Waals surface area (Å²) in [7, 11) is 0. The molecule has 1 unspecified atom stereocenters. The van der Waals surface area contributed by atoms with Gasteiger partial charge in [0.05, 0.1) is 0 Å². The molecule has 0 aliphatic carbocycles. The predicted octanol–water partition coefficient (Wildman–Crippen LogP) is 1.51. The Hall–Kier alpha value is -0.770. The van der Waals surface area contributed by atoms with E-state index in [1.165, 1.54) is 6.42 Å². The highest BCUT2D eigenvalue weighted by Crippen LogP contribution is 1.88. The zero-order valence-electron chi connectivity index (χ0n) is 9.43. The Bertz CT molecular complexity index is 151. The normalized spacial score (nSPS) is 12.2. The lowest BCUT2D eigenvalue weighted by Crippen LogP contribution is -2.34. The molecule has 0 rings (SSSR count). The van der Waals surface area contributed by atoms with Crippen molar-refractivity contribution in [1.29, 1.82) is 0 Å². The molecule has 0 bridgehead atoms. The Morgan fingerprint density at radius 2 is 2.14 bits per heavy atom. The molecule has 4 heteroatoms. The molecule has 0 aromatic carbocycles. The van der Waals surface area contributed by atoms with Crippen LogP contribution in [-0.2, 0) is 4.74 Å². The van der Waals surface area contributed by atoms with Crippen LogP contribution in [0, 0.1) is 0 Å². The zero-order chi connectivity index (χ0) is 10.8. The number of nitrogens with one attached hydrogen (secondary N) is 2. The molecule has 1 amide bonds. The first kappa shape index (κ1) is 13.2. The number of carbonyl (C=O) groups is 1. The van der Waals surface area contributed by atoms with Crippen LogP contribution < -0.4 is 10.6 Å². The van der Waals surface area contributed by atoms with E-state index in [0.717, 1.165) is 13.0 Å². The van der Waals surface area contributed by atoms with Gasteiger partial charge in [-0.15, -0.1) is 0 Å². The average Bonchev–Trinajstić information content (AvgIpc) is 2.16. The molecule has 84 valence electrons. The Kier molecular flexibility index (Phi) is 8.33. The molecule has 0 aromatic rings. The van der Waals surface area contributed by atoms with E-state index in [1.54, 1.807) is 0 Å². The molecule has 0 spiro atoms. The zero-order valence-corrected chi connectivity index (χ0v) is 9.43. The van der Waals surface area contributed by atoms with Crippen molar-refractivity contribution in [1.82, 2.24) is 10.6 Å². The van der Waals surface area contributed by atoms with Crippen molar-refractivity contribution >= 4 is 6.09 Å². The highest BCUT2D eigenvalue weighted by molar-refractivity contribution is 5.66. The van der Waals surface area contributed by atoms with Crippen molar-refractivity contribution in [2.75, 3.05) is 19.7 Å². The first-order valence-electron chi connectivity index (χ1n) is 5.34. The Labute approximate surface area is 86.4 Å². The van der Waals surface area contributed by atoms with Crippen molar-refractivity contribution in [2.45, 2.75) is 39.7 Å². The fraction of sp³-hybridized carbons (Fsp3) is 0.900. The van der Waals surface area contributed by atoms with Gasteiger partial charge in [0.25, 0.3) is 0 Å². The molecule has 4 nitrogen and oxygen atoms in total. The molecule has 2 N–H and O–H groups in total. The van der Waals surface area contributed by atoms with E-state index in [-0.39, 0.29) is 12.1 Å². The number of amides is 1. The first-order chi connectivity index (χ1) is 6.70. The minimum absolute atomic E-state index is 0.226. The second-order valence-corrected chi connectivity index (χ2v) is 3.34. The van der Waals surface area contributed by atoms with Gasteiger partial charge in [-0.1, -0.05) is 13.3 Å². The lowest BCUT2D eigenvalue weighted by atomic mass is 10.3. The lowest BCUT2D eigenvalue weighted by molar-refractivity contribution is 0.136. The number of hydrogen-bond acceptors (Lipinski definition) is 3. The van der Waals surface area contributed by atoms with Crippen molar-refractivity contribution in [2.24, 2.45) is 0 Å². The maximum Gasteiger partial charge on any atom is 0.407 e. The first-order valence-corrected chi connectivity index (χ1v) is 5.34. The van der Waals surface area contributed by atoms with Crippen LogP contribution in [0.2, 0.25) is 0 Å². The van der Waals surface area contributed by atoms with E-state index >= 15 is 0 Å². The summed E-state index contributed by atoms with van der Waals surface area (Å²) in [5.74, 6) is 0. The molecule has 0 aromatic heterocycles. The van der Waals surface area contributed by atoms with Crippen LogP contribution in [0.3, 0.4) is 0 Å². The number of rotatable bonds is 7. The number of unbranched alkanes of at least 4 members (excludes halogenated alkanes) is 1. The third kappa shape index (κ3) is 7.86. The fourth-order valence-electron chi connectivity index (χ4n) is 0.980. The molecule has 0 saturated carbocycles. The SMILES string of the molecule is CCCCNC(C)COC(=O)NCC. The Morgan fingerprint density at radius 3 is 2.71 bits per heavy atom. The van der Waals surface area contributed by atoms with Gasteiger partial charge in [0.1, 0.15) is 6.61 Å². The van der Waals surface area contributed by atoms with Gasteiger partial charge in [-0.25, -0.2) is 4.79 Å². The maximum atomic E-state index is 10.9. The van der Waals surface area contributed by atoms with Crippen LogP contribution in [-0.4, -0.2) is 31.8 Å². The molecule has 14 heavy (non-hydrogen) atoms. The van der Waals surface area contributed by atoms with Crippen molar-refractivity contribution in [3.63, 3.8) is 0 Å². The molecule has 0 saturated heterocycles. The molecule has 0 radical (unpaired) electrons. The lowest BCUT2D eigenvalue weighted by Gasteiger charge is -2.13. The van der Waals surface area contributed by atoms with Gasteiger partial charge in [0, 0.05) is 12.6 Å². The van der Waals surface area contributed by atoms with Crippen LogP contribution in [0.1, 0.15) is 33.6 Å². The Balaban J connectivity index is 3.33. The highest BCUT2D eigenvalue weighted by atomic mass is 16.5. The summed E-state index contributed by atoms with van der Waals surface area (Å²) in [6, 6.07) is 0.226. The third-order valence-electron chi connectivity index (χ3n) is 1.81. The molecule has 0 aliphatic heterocycles. The van der Waals surface area contributed by atoms with Gasteiger partial charge < -0.3 is 15.4 Å². The predicted molar refractivity (Wildman–Crippen MR) is 57.4 cm³/mol. The highest BCUT2D eigenvalue weighted by Gasteiger charge is 2.04. The largest absolute Gasteiger partial charge is 0.448 e. The van der Waals surface area contributed by atoms with E-state index in [2.05, 4.69) is 17.6 Å². The number of hydrogen-bond donors (Lipinski definition) is 2. The van der Waals surface area contributed by atoms with Crippen molar-refractivity contribution in [3.05, 3.63) is 0 Å². The summed E-state index contributed by atoms with van der Waals surface area (Å²) in [6.07, 6.45) is 2.00. The Morgan fingerprint density at radius 1 is 1.43 bits per heavy atom. The second kappa shape index (κ2) is 8.81. The van der Waals surface area contributed by atoms with Gasteiger partial charge in [-0.3, -0.25) is 0 Å². The minimum Gasteiger partial charge on any atom is -0.448 e. The number of alkyl carbamates (subject to hydrolysis) is 1. The summed E-state index contributed by atoms with van der Waals surface area (Å²) in [5, 5.41) is 5.86. The summed E-state index contributed by atoms with van der Waals surface area (Å²) in [6.45, 7) is 8.04.